The number of hydrogen-bond acceptors (Lipinski definition) is 1. The van der Waals surface area contributed by atoms with Crippen LogP contribution in [0.1, 0.15) is 78.3 Å². The second-order valence-electron chi connectivity index (χ2n) is 9.08. The van der Waals surface area contributed by atoms with Gasteiger partial charge in [-0.2, -0.15) is 0 Å². The van der Waals surface area contributed by atoms with Crippen molar-refractivity contribution in [1.29, 1.82) is 0 Å². The molecule has 1 saturated heterocycles. The Balaban J connectivity index is 1.93. The predicted molar refractivity (Wildman–Crippen MR) is 107 cm³/mol. The summed E-state index contributed by atoms with van der Waals surface area (Å²) in [5.41, 5.74) is 1.83. The highest BCUT2D eigenvalue weighted by molar-refractivity contribution is 6.30. The molecule has 0 unspecified atom stereocenters. The Morgan fingerprint density at radius 1 is 1.12 bits per heavy atom. The smallest absolute Gasteiger partial charge is 0.109 e. The van der Waals surface area contributed by atoms with Crippen LogP contribution in [0.15, 0.2) is 24.3 Å². The van der Waals surface area contributed by atoms with Crippen LogP contribution < -0.4 is 5.32 Å². The second kappa shape index (κ2) is 8.88. The molecule has 2 atom stereocenters. The summed E-state index contributed by atoms with van der Waals surface area (Å²) in [6, 6.07) is 8.76. The number of quaternary nitrogens is 1. The fourth-order valence-corrected chi connectivity index (χ4v) is 4.40. The summed E-state index contributed by atoms with van der Waals surface area (Å²) in [7, 11) is 0. The van der Waals surface area contributed by atoms with Gasteiger partial charge < -0.3 is 10.1 Å². The van der Waals surface area contributed by atoms with Gasteiger partial charge in [0.1, 0.15) is 6.04 Å². The van der Waals surface area contributed by atoms with E-state index in [9.17, 15) is 0 Å². The maximum absolute atomic E-state index is 6.01. The molecule has 0 amide bonds. The molecule has 2 nitrogen and oxygen atoms in total. The molecule has 3 heteroatoms. The van der Waals surface area contributed by atoms with Crippen LogP contribution in [0.25, 0.3) is 0 Å². The molecule has 1 fully saturated rings. The largest absolute Gasteiger partial charge is 0.376 e. The van der Waals surface area contributed by atoms with Gasteiger partial charge in [0, 0.05) is 23.6 Å². The van der Waals surface area contributed by atoms with Crippen molar-refractivity contribution in [2.45, 2.75) is 78.4 Å². The van der Waals surface area contributed by atoms with Crippen LogP contribution in [0, 0.1) is 11.3 Å². The number of hydrogen-bond donors (Lipinski definition) is 1. The molecule has 0 aromatic heterocycles. The summed E-state index contributed by atoms with van der Waals surface area (Å²) in [5.74, 6) is 0.778. The van der Waals surface area contributed by atoms with Gasteiger partial charge in [0.15, 0.2) is 0 Å². The normalized spacial score (nSPS) is 24.4. The standard InChI is InChI=1S/C22H36ClNO/c1-17(2)10-11-22(13-15-25-21(4,5)16-22)12-14-24-18(3)19-6-8-20(23)9-7-19/h6-9,17-18,24H,10-16H2,1-5H3/p+1/t18-,22+/m1/s1. The third-order valence-electron chi connectivity index (χ3n) is 5.77. The number of ether oxygens (including phenoxy) is 1. The Morgan fingerprint density at radius 2 is 1.80 bits per heavy atom. The van der Waals surface area contributed by atoms with Crippen LogP contribution in [0.2, 0.25) is 5.02 Å². The van der Waals surface area contributed by atoms with Crippen LogP contribution in [-0.4, -0.2) is 18.8 Å². The first kappa shape index (κ1) is 20.7. The molecule has 0 bridgehead atoms. The van der Waals surface area contributed by atoms with Gasteiger partial charge in [-0.05, 0) is 63.5 Å². The maximum Gasteiger partial charge on any atom is 0.109 e. The molecular weight excluding hydrogens is 330 g/mol. The number of nitrogens with two attached hydrogens (primary N) is 1. The first-order valence-corrected chi connectivity index (χ1v) is 10.3. The molecule has 1 heterocycles. The summed E-state index contributed by atoms with van der Waals surface area (Å²) >= 11 is 6.01. The van der Waals surface area contributed by atoms with E-state index < -0.39 is 0 Å². The molecule has 0 aliphatic carbocycles. The summed E-state index contributed by atoms with van der Waals surface area (Å²) in [6.45, 7) is 13.6. The van der Waals surface area contributed by atoms with Gasteiger partial charge in [-0.25, -0.2) is 0 Å². The van der Waals surface area contributed by atoms with E-state index in [-0.39, 0.29) is 5.60 Å². The zero-order valence-corrected chi connectivity index (χ0v) is 17.5. The zero-order valence-electron chi connectivity index (χ0n) is 16.8. The van der Waals surface area contributed by atoms with E-state index in [1.807, 2.05) is 12.1 Å². The molecule has 1 aliphatic rings. The van der Waals surface area contributed by atoms with Crippen molar-refractivity contribution >= 4 is 11.6 Å². The molecule has 25 heavy (non-hydrogen) atoms. The van der Waals surface area contributed by atoms with E-state index in [0.29, 0.717) is 11.5 Å². The second-order valence-corrected chi connectivity index (χ2v) is 9.52. The van der Waals surface area contributed by atoms with E-state index in [0.717, 1.165) is 17.5 Å². The monoisotopic (exact) mass is 366 g/mol. The average Bonchev–Trinajstić information content (AvgIpc) is 2.53. The molecule has 142 valence electrons. The van der Waals surface area contributed by atoms with Crippen molar-refractivity contribution in [3.05, 3.63) is 34.9 Å². The van der Waals surface area contributed by atoms with Gasteiger partial charge in [0.25, 0.3) is 0 Å². The lowest BCUT2D eigenvalue weighted by Gasteiger charge is -2.45. The SMILES string of the molecule is CC(C)CC[C@]1(CC[NH2+][C@H](C)c2ccc(Cl)cc2)CCOC(C)(C)C1. The Morgan fingerprint density at radius 3 is 2.40 bits per heavy atom. The molecule has 2 rings (SSSR count). The van der Waals surface area contributed by atoms with E-state index in [2.05, 4.69) is 52.1 Å². The summed E-state index contributed by atoms with van der Waals surface area (Å²) in [6.07, 6.45) is 6.34. The average molecular weight is 367 g/mol. The van der Waals surface area contributed by atoms with Gasteiger partial charge in [0.05, 0.1) is 12.1 Å². The number of benzene rings is 1. The fraction of sp³-hybridized carbons (Fsp3) is 0.727. The number of rotatable bonds is 8. The minimum atomic E-state index is 0.0248. The van der Waals surface area contributed by atoms with Crippen molar-refractivity contribution in [2.24, 2.45) is 11.3 Å². The summed E-state index contributed by atoms with van der Waals surface area (Å²) < 4.78 is 6.01. The third-order valence-corrected chi connectivity index (χ3v) is 6.02. The highest BCUT2D eigenvalue weighted by Crippen LogP contribution is 2.45. The Kier molecular flexibility index (Phi) is 7.37. The van der Waals surface area contributed by atoms with Gasteiger partial charge in [-0.15, -0.1) is 0 Å². The molecule has 1 aliphatic heterocycles. The van der Waals surface area contributed by atoms with E-state index in [4.69, 9.17) is 16.3 Å². The van der Waals surface area contributed by atoms with E-state index >= 15 is 0 Å². The first-order valence-electron chi connectivity index (χ1n) is 9.94. The topological polar surface area (TPSA) is 25.8 Å². The van der Waals surface area contributed by atoms with Crippen molar-refractivity contribution in [2.75, 3.05) is 13.2 Å². The highest BCUT2D eigenvalue weighted by Gasteiger charge is 2.40. The van der Waals surface area contributed by atoms with Crippen molar-refractivity contribution in [1.82, 2.24) is 0 Å². The predicted octanol–water partition coefficient (Wildman–Crippen LogP) is 5.37. The first-order chi connectivity index (χ1) is 11.7. The minimum absolute atomic E-state index is 0.0248. The Labute approximate surface area is 159 Å². The molecule has 0 saturated carbocycles. The summed E-state index contributed by atoms with van der Waals surface area (Å²) in [5, 5.41) is 3.30. The lowest BCUT2D eigenvalue weighted by molar-refractivity contribution is -0.694. The maximum atomic E-state index is 6.01. The van der Waals surface area contributed by atoms with Crippen LogP contribution in [0.4, 0.5) is 0 Å². The highest BCUT2D eigenvalue weighted by atomic mass is 35.5. The van der Waals surface area contributed by atoms with Crippen LogP contribution in [-0.2, 0) is 4.74 Å². The van der Waals surface area contributed by atoms with Gasteiger partial charge >= 0.3 is 0 Å². The minimum Gasteiger partial charge on any atom is -0.376 e. The van der Waals surface area contributed by atoms with Crippen LogP contribution >= 0.6 is 11.6 Å². The fourth-order valence-electron chi connectivity index (χ4n) is 4.27. The van der Waals surface area contributed by atoms with Crippen LogP contribution in [0.3, 0.4) is 0 Å². The lowest BCUT2D eigenvalue weighted by Crippen LogP contribution is -2.85. The molecule has 2 N–H and O–H groups in total. The van der Waals surface area contributed by atoms with Gasteiger partial charge in [0.2, 0.25) is 0 Å². The van der Waals surface area contributed by atoms with E-state index in [1.54, 1.807) is 0 Å². The van der Waals surface area contributed by atoms with Gasteiger partial charge in [-0.1, -0.05) is 44.0 Å². The van der Waals surface area contributed by atoms with Gasteiger partial charge in [-0.3, -0.25) is 0 Å². The molecule has 0 spiro atoms. The lowest BCUT2D eigenvalue weighted by atomic mass is 9.68. The number of halogens is 1. The van der Waals surface area contributed by atoms with Crippen molar-refractivity contribution in [3.8, 4) is 0 Å². The van der Waals surface area contributed by atoms with E-state index in [1.165, 1.54) is 44.2 Å². The quantitative estimate of drug-likeness (QED) is 0.657. The van der Waals surface area contributed by atoms with Crippen LogP contribution in [0.5, 0.6) is 0 Å². The summed E-state index contributed by atoms with van der Waals surface area (Å²) in [4.78, 5) is 0. The molecule has 1 aromatic rings. The molecule has 0 radical (unpaired) electrons. The molecular formula is C22H37ClNO+. The Hall–Kier alpha value is -0.570. The Bertz CT molecular complexity index is 525. The van der Waals surface area contributed by atoms with Crippen molar-refractivity contribution in [3.63, 3.8) is 0 Å². The third kappa shape index (κ3) is 6.58. The zero-order chi connectivity index (χ0) is 18.5. The molecule has 1 aromatic carbocycles. The van der Waals surface area contributed by atoms with Crippen molar-refractivity contribution < 1.29 is 10.1 Å².